The first-order valence-corrected chi connectivity index (χ1v) is 9.98. The lowest BCUT2D eigenvalue weighted by Gasteiger charge is -2.40. The Morgan fingerprint density at radius 1 is 1.22 bits per heavy atom. The molecule has 0 aromatic heterocycles. The number of carbonyl (C=O) groups excluding carboxylic acids is 1. The van der Waals surface area contributed by atoms with E-state index >= 15 is 0 Å². The lowest BCUT2D eigenvalue weighted by Crippen LogP contribution is -2.38. The van der Waals surface area contributed by atoms with Crippen LogP contribution in [0.15, 0.2) is 47.4 Å². The van der Waals surface area contributed by atoms with Gasteiger partial charge < -0.3 is 0 Å². The van der Waals surface area contributed by atoms with Crippen molar-refractivity contribution >= 4 is 15.6 Å². The summed E-state index contributed by atoms with van der Waals surface area (Å²) in [7, 11) is -3.28. The predicted molar refractivity (Wildman–Crippen MR) is 90.7 cm³/mol. The maximum atomic E-state index is 12.6. The lowest BCUT2D eigenvalue weighted by molar-refractivity contribution is -0.122. The van der Waals surface area contributed by atoms with Crippen LogP contribution in [0.2, 0.25) is 0 Å². The monoisotopic (exact) mass is 332 g/mol. The minimum Gasteiger partial charge on any atom is -0.295 e. The Morgan fingerprint density at radius 2 is 1.91 bits per heavy atom. The molecular formula is C19H24O3S. The normalized spacial score (nSPS) is 31.8. The van der Waals surface area contributed by atoms with Crippen molar-refractivity contribution in [1.82, 2.24) is 0 Å². The van der Waals surface area contributed by atoms with E-state index in [-0.39, 0.29) is 34.7 Å². The van der Waals surface area contributed by atoms with E-state index in [2.05, 4.69) is 6.92 Å². The summed E-state index contributed by atoms with van der Waals surface area (Å²) in [5, 5.41) is 0. The number of allylic oxidation sites excluding steroid dienone is 2. The average molecular weight is 332 g/mol. The van der Waals surface area contributed by atoms with Gasteiger partial charge in [0.05, 0.1) is 10.6 Å². The number of sulfone groups is 1. The molecule has 0 heterocycles. The van der Waals surface area contributed by atoms with E-state index < -0.39 is 9.84 Å². The second-order valence-corrected chi connectivity index (χ2v) is 9.36. The highest BCUT2D eigenvalue weighted by atomic mass is 32.2. The van der Waals surface area contributed by atoms with Gasteiger partial charge >= 0.3 is 0 Å². The minimum absolute atomic E-state index is 0.0505. The summed E-state index contributed by atoms with van der Waals surface area (Å²) in [6, 6.07) is 8.66. The van der Waals surface area contributed by atoms with Crippen LogP contribution in [0.5, 0.6) is 0 Å². The molecule has 0 N–H and O–H groups in total. The van der Waals surface area contributed by atoms with Crippen LogP contribution < -0.4 is 0 Å². The summed E-state index contributed by atoms with van der Waals surface area (Å²) in [5.74, 6) is 0.773. The van der Waals surface area contributed by atoms with Gasteiger partial charge in [-0.2, -0.15) is 0 Å². The van der Waals surface area contributed by atoms with Crippen molar-refractivity contribution in [3.05, 3.63) is 42.5 Å². The van der Waals surface area contributed by atoms with Crippen molar-refractivity contribution in [2.75, 3.05) is 5.75 Å². The van der Waals surface area contributed by atoms with Gasteiger partial charge in [-0.3, -0.25) is 4.79 Å². The van der Waals surface area contributed by atoms with Gasteiger partial charge in [-0.1, -0.05) is 38.1 Å². The fourth-order valence-corrected chi connectivity index (χ4v) is 6.38. The van der Waals surface area contributed by atoms with Crippen molar-refractivity contribution in [2.45, 2.75) is 38.0 Å². The maximum Gasteiger partial charge on any atom is 0.178 e. The summed E-state index contributed by atoms with van der Waals surface area (Å²) in [6.07, 6.45) is 6.39. The molecule has 4 heteroatoms. The molecule has 4 atom stereocenters. The van der Waals surface area contributed by atoms with Gasteiger partial charge in [0, 0.05) is 5.92 Å². The molecule has 2 aliphatic rings. The quantitative estimate of drug-likeness (QED) is 0.845. The SMILES string of the molecule is C[C@H](CS(=O)(=O)c1ccccc1)[C@H]1CC[C@H]2C(=O)C=CC[C@]12C. The molecule has 0 bridgehead atoms. The van der Waals surface area contributed by atoms with E-state index in [0.717, 1.165) is 19.3 Å². The number of fused-ring (bicyclic) bond motifs is 1. The highest BCUT2D eigenvalue weighted by Crippen LogP contribution is 2.55. The summed E-state index contributed by atoms with van der Waals surface area (Å²) in [6.45, 7) is 4.20. The second-order valence-electron chi connectivity index (χ2n) is 7.32. The van der Waals surface area contributed by atoms with Gasteiger partial charge in [-0.05, 0) is 54.7 Å². The van der Waals surface area contributed by atoms with Crippen LogP contribution in [0.3, 0.4) is 0 Å². The van der Waals surface area contributed by atoms with E-state index in [1.807, 2.05) is 19.1 Å². The highest BCUT2D eigenvalue weighted by molar-refractivity contribution is 7.91. The Morgan fingerprint density at radius 3 is 2.61 bits per heavy atom. The Labute approximate surface area is 138 Å². The molecule has 0 amide bonds. The van der Waals surface area contributed by atoms with Gasteiger partial charge in [0.2, 0.25) is 0 Å². The number of carbonyl (C=O) groups is 1. The Kier molecular flexibility index (Phi) is 4.21. The van der Waals surface area contributed by atoms with E-state index in [9.17, 15) is 13.2 Å². The summed E-state index contributed by atoms with van der Waals surface area (Å²) in [4.78, 5) is 12.5. The molecule has 1 aromatic rings. The first-order valence-electron chi connectivity index (χ1n) is 8.33. The Hall–Kier alpha value is -1.42. The smallest absolute Gasteiger partial charge is 0.178 e. The first kappa shape index (κ1) is 16.4. The zero-order valence-corrected chi connectivity index (χ0v) is 14.6. The van der Waals surface area contributed by atoms with Crippen molar-refractivity contribution < 1.29 is 13.2 Å². The highest BCUT2D eigenvalue weighted by Gasteiger charge is 2.51. The van der Waals surface area contributed by atoms with Gasteiger partial charge in [0.1, 0.15) is 0 Å². The Balaban J connectivity index is 1.80. The average Bonchev–Trinajstić information content (AvgIpc) is 2.86. The molecule has 1 aromatic carbocycles. The van der Waals surface area contributed by atoms with Crippen molar-refractivity contribution in [3.63, 3.8) is 0 Å². The molecular weight excluding hydrogens is 308 g/mol. The van der Waals surface area contributed by atoms with Crippen LogP contribution in [0.4, 0.5) is 0 Å². The molecule has 0 radical (unpaired) electrons. The van der Waals surface area contributed by atoms with Crippen molar-refractivity contribution in [2.24, 2.45) is 23.2 Å². The standard InChI is InChI=1S/C19H24O3S/c1-14(13-23(21,22)15-7-4-3-5-8-15)16-10-11-17-18(20)9-6-12-19(16,17)2/h3-9,14,16-17H,10-13H2,1-2H3/t14-,16-,17+,19-/m1/s1. The number of ketones is 1. The fourth-order valence-electron chi connectivity index (χ4n) is 4.69. The van der Waals surface area contributed by atoms with Crippen LogP contribution >= 0.6 is 0 Å². The minimum atomic E-state index is -3.28. The molecule has 1 fully saturated rings. The van der Waals surface area contributed by atoms with Gasteiger partial charge in [0.15, 0.2) is 15.6 Å². The molecule has 124 valence electrons. The van der Waals surface area contributed by atoms with Gasteiger partial charge in [0.25, 0.3) is 0 Å². The number of rotatable bonds is 4. The summed E-state index contributed by atoms with van der Waals surface area (Å²) < 4.78 is 25.3. The summed E-state index contributed by atoms with van der Waals surface area (Å²) >= 11 is 0. The fraction of sp³-hybridized carbons (Fsp3) is 0.526. The van der Waals surface area contributed by atoms with E-state index in [4.69, 9.17) is 0 Å². The summed E-state index contributed by atoms with van der Waals surface area (Å²) in [5.41, 5.74) is -0.0859. The van der Waals surface area contributed by atoms with Crippen LogP contribution in [-0.4, -0.2) is 20.0 Å². The molecule has 23 heavy (non-hydrogen) atoms. The molecule has 0 saturated heterocycles. The van der Waals surface area contributed by atoms with E-state index in [1.54, 1.807) is 30.3 Å². The largest absolute Gasteiger partial charge is 0.295 e. The van der Waals surface area contributed by atoms with E-state index in [0.29, 0.717) is 4.90 Å². The third-order valence-corrected chi connectivity index (χ3v) is 7.82. The van der Waals surface area contributed by atoms with Crippen LogP contribution in [0.25, 0.3) is 0 Å². The van der Waals surface area contributed by atoms with Crippen molar-refractivity contribution in [1.29, 1.82) is 0 Å². The van der Waals surface area contributed by atoms with Crippen molar-refractivity contribution in [3.8, 4) is 0 Å². The third kappa shape index (κ3) is 2.89. The molecule has 3 rings (SSSR count). The second kappa shape index (κ2) is 5.90. The number of hydrogen-bond donors (Lipinski definition) is 0. The van der Waals surface area contributed by atoms with Crippen LogP contribution in [0, 0.1) is 23.2 Å². The molecule has 1 saturated carbocycles. The van der Waals surface area contributed by atoms with Crippen LogP contribution in [-0.2, 0) is 14.6 Å². The molecule has 0 spiro atoms. The predicted octanol–water partition coefficient (Wildman–Crippen LogP) is 3.66. The maximum absolute atomic E-state index is 12.6. The lowest BCUT2D eigenvalue weighted by atomic mass is 9.64. The molecule has 2 aliphatic carbocycles. The number of benzene rings is 1. The molecule has 0 unspecified atom stereocenters. The molecule has 3 nitrogen and oxygen atoms in total. The molecule has 0 aliphatic heterocycles. The number of hydrogen-bond acceptors (Lipinski definition) is 3. The van der Waals surface area contributed by atoms with E-state index in [1.165, 1.54) is 0 Å². The van der Waals surface area contributed by atoms with Crippen LogP contribution in [0.1, 0.15) is 33.1 Å². The zero-order chi connectivity index (χ0) is 16.7. The van der Waals surface area contributed by atoms with Gasteiger partial charge in [-0.25, -0.2) is 8.42 Å². The zero-order valence-electron chi connectivity index (χ0n) is 13.7. The van der Waals surface area contributed by atoms with Gasteiger partial charge in [-0.15, -0.1) is 0 Å². The third-order valence-electron chi connectivity index (χ3n) is 5.86. The Bertz CT molecular complexity index is 720. The topological polar surface area (TPSA) is 51.2 Å². The first-order chi connectivity index (χ1) is 10.8.